The Bertz CT molecular complexity index is 648. The number of benzene rings is 1. The van der Waals surface area contributed by atoms with E-state index in [0.717, 1.165) is 44.1 Å². The molecule has 1 aromatic carbocycles. The van der Waals surface area contributed by atoms with Gasteiger partial charge in [-0.2, -0.15) is 17.9 Å². The first kappa shape index (κ1) is 24.2. The van der Waals surface area contributed by atoms with E-state index in [1.54, 1.807) is 23.8 Å². The van der Waals surface area contributed by atoms with Gasteiger partial charge in [0.15, 0.2) is 0 Å². The molecule has 0 amide bonds. The van der Waals surface area contributed by atoms with Crippen LogP contribution in [0.5, 0.6) is 0 Å². The van der Waals surface area contributed by atoms with Crippen molar-refractivity contribution in [2.45, 2.75) is 87.7 Å². The zero-order valence-corrected chi connectivity index (χ0v) is 17.4. The molecule has 0 saturated carbocycles. The molecule has 27 heavy (non-hydrogen) atoms. The lowest BCUT2D eigenvalue weighted by Gasteiger charge is -2.23. The van der Waals surface area contributed by atoms with Gasteiger partial charge in [-0.1, -0.05) is 63.1 Å². The molecule has 1 rings (SSSR count). The van der Waals surface area contributed by atoms with Crippen LogP contribution < -0.4 is 4.72 Å². The molecule has 2 unspecified atom stereocenters. The van der Waals surface area contributed by atoms with Gasteiger partial charge in [0.1, 0.15) is 6.04 Å². The van der Waals surface area contributed by atoms with E-state index in [-0.39, 0.29) is 4.90 Å². The monoisotopic (exact) mass is 427 g/mol. The summed E-state index contributed by atoms with van der Waals surface area (Å²) in [5.74, 6) is 0. The summed E-state index contributed by atoms with van der Waals surface area (Å²) in [6, 6.07) is 3.46. The zero-order chi connectivity index (χ0) is 20.5. The maximum atomic E-state index is 13.3. The average molecular weight is 428 g/mol. The first-order chi connectivity index (χ1) is 12.6. The Kier molecular flexibility index (Phi) is 10.1. The molecule has 0 spiro atoms. The van der Waals surface area contributed by atoms with Gasteiger partial charge >= 0.3 is 6.18 Å². The molecule has 0 aliphatic carbocycles. The molecule has 0 aliphatic rings. The Morgan fingerprint density at radius 3 is 2.15 bits per heavy atom. The Morgan fingerprint density at radius 2 is 1.59 bits per heavy atom. The Morgan fingerprint density at radius 1 is 1.04 bits per heavy atom. The number of hydrogen-bond donors (Lipinski definition) is 1. The van der Waals surface area contributed by atoms with Crippen LogP contribution in [0.4, 0.5) is 13.2 Å². The zero-order valence-electron chi connectivity index (χ0n) is 15.9. The number of sulfonamides is 1. The van der Waals surface area contributed by atoms with Crippen LogP contribution in [0.3, 0.4) is 0 Å². The van der Waals surface area contributed by atoms with E-state index in [1.165, 1.54) is 12.1 Å². The van der Waals surface area contributed by atoms with Crippen molar-refractivity contribution in [3.8, 4) is 0 Å². The van der Waals surface area contributed by atoms with Crippen LogP contribution in [0, 0.1) is 6.92 Å². The summed E-state index contributed by atoms with van der Waals surface area (Å²) in [5.41, 5.74) is 0.820. The SMILES string of the molecule is CCCCCCCCC(Cl)CC(NS(=O)(=O)c1ccc(C)cc1)C(F)(F)F. The highest BCUT2D eigenvalue weighted by Crippen LogP contribution is 2.28. The standard InChI is InChI=1S/C19H29ClF3NO2S/c1-3-4-5-6-7-8-9-16(20)14-18(19(21,22)23)24-27(25,26)17-12-10-15(2)11-13-17/h10-13,16,18,24H,3-9,14H2,1-2H3. The van der Waals surface area contributed by atoms with Crippen molar-refractivity contribution in [2.24, 2.45) is 0 Å². The van der Waals surface area contributed by atoms with Crippen molar-refractivity contribution < 1.29 is 21.6 Å². The smallest absolute Gasteiger partial charge is 0.207 e. The first-order valence-corrected chi connectivity index (χ1v) is 11.3. The van der Waals surface area contributed by atoms with Gasteiger partial charge in [-0.25, -0.2) is 8.42 Å². The molecule has 8 heteroatoms. The molecule has 0 fully saturated rings. The number of rotatable bonds is 12. The number of halogens is 4. The lowest BCUT2D eigenvalue weighted by Crippen LogP contribution is -2.46. The molecule has 0 aliphatic heterocycles. The second-order valence-corrected chi connectivity index (χ2v) is 9.25. The predicted octanol–water partition coefficient (Wildman–Crippen LogP) is 5.95. The average Bonchev–Trinajstić information content (AvgIpc) is 2.57. The van der Waals surface area contributed by atoms with Gasteiger partial charge in [-0.3, -0.25) is 0 Å². The summed E-state index contributed by atoms with van der Waals surface area (Å²) in [6.45, 7) is 3.88. The van der Waals surface area contributed by atoms with Crippen LogP contribution in [0.15, 0.2) is 29.2 Å². The molecule has 1 aromatic rings. The second-order valence-electron chi connectivity index (χ2n) is 6.92. The lowest BCUT2D eigenvalue weighted by atomic mass is 10.0. The van der Waals surface area contributed by atoms with Crippen LogP contribution >= 0.6 is 11.6 Å². The normalized spacial score (nSPS) is 14.9. The van der Waals surface area contributed by atoms with E-state index in [1.807, 2.05) is 0 Å². The summed E-state index contributed by atoms with van der Waals surface area (Å²) in [6.07, 6.45) is 1.37. The predicted molar refractivity (Wildman–Crippen MR) is 104 cm³/mol. The van der Waals surface area contributed by atoms with Gasteiger partial charge in [0.25, 0.3) is 0 Å². The molecular weight excluding hydrogens is 399 g/mol. The minimum Gasteiger partial charge on any atom is -0.207 e. The van der Waals surface area contributed by atoms with E-state index in [0.29, 0.717) is 6.42 Å². The highest BCUT2D eigenvalue weighted by molar-refractivity contribution is 7.89. The molecule has 3 nitrogen and oxygen atoms in total. The number of aryl methyl sites for hydroxylation is 1. The lowest BCUT2D eigenvalue weighted by molar-refractivity contribution is -0.152. The highest BCUT2D eigenvalue weighted by atomic mass is 35.5. The highest BCUT2D eigenvalue weighted by Gasteiger charge is 2.43. The third kappa shape index (κ3) is 9.30. The van der Waals surface area contributed by atoms with Crippen molar-refractivity contribution in [3.05, 3.63) is 29.8 Å². The maximum Gasteiger partial charge on any atom is 0.404 e. The van der Waals surface area contributed by atoms with Gasteiger partial charge in [0.05, 0.1) is 4.90 Å². The van der Waals surface area contributed by atoms with E-state index in [4.69, 9.17) is 11.6 Å². The molecule has 1 N–H and O–H groups in total. The third-order valence-electron chi connectivity index (χ3n) is 4.39. The molecule has 0 heterocycles. The fourth-order valence-corrected chi connectivity index (χ4v) is 4.31. The third-order valence-corrected chi connectivity index (χ3v) is 6.27. The van der Waals surface area contributed by atoms with Crippen molar-refractivity contribution in [3.63, 3.8) is 0 Å². The molecular formula is C19H29ClF3NO2S. The molecule has 0 radical (unpaired) electrons. The van der Waals surface area contributed by atoms with Crippen LogP contribution in [-0.2, 0) is 10.0 Å². The fourth-order valence-electron chi connectivity index (χ4n) is 2.74. The molecule has 0 saturated heterocycles. The Balaban J connectivity index is 2.64. The second kappa shape index (κ2) is 11.3. The summed E-state index contributed by atoms with van der Waals surface area (Å²) >= 11 is 6.08. The van der Waals surface area contributed by atoms with Gasteiger partial charge in [0.2, 0.25) is 10.0 Å². The number of alkyl halides is 4. The number of nitrogens with one attached hydrogen (secondary N) is 1. The van der Waals surface area contributed by atoms with Crippen molar-refractivity contribution in [1.29, 1.82) is 0 Å². The first-order valence-electron chi connectivity index (χ1n) is 9.36. The molecule has 0 bridgehead atoms. The summed E-state index contributed by atoms with van der Waals surface area (Å²) < 4.78 is 66.4. The minimum atomic E-state index is -4.70. The quantitative estimate of drug-likeness (QED) is 0.331. The summed E-state index contributed by atoms with van der Waals surface area (Å²) in [4.78, 5) is -0.190. The molecule has 2 atom stereocenters. The van der Waals surface area contributed by atoms with Crippen LogP contribution in [0.25, 0.3) is 0 Å². The van der Waals surface area contributed by atoms with Crippen LogP contribution in [0.2, 0.25) is 0 Å². The fraction of sp³-hybridized carbons (Fsp3) is 0.684. The van der Waals surface area contributed by atoms with Gasteiger partial charge in [-0.05, 0) is 31.9 Å². The summed E-state index contributed by atoms with van der Waals surface area (Å²) in [5, 5.41) is -0.733. The largest absolute Gasteiger partial charge is 0.404 e. The maximum absolute atomic E-state index is 13.3. The minimum absolute atomic E-state index is 0.190. The van der Waals surface area contributed by atoms with Gasteiger partial charge in [-0.15, -0.1) is 11.6 Å². The van der Waals surface area contributed by atoms with Crippen molar-refractivity contribution >= 4 is 21.6 Å². The van der Waals surface area contributed by atoms with E-state index < -0.39 is 34.0 Å². The van der Waals surface area contributed by atoms with Crippen LogP contribution in [-0.4, -0.2) is 26.0 Å². The Hall–Kier alpha value is -0.790. The van der Waals surface area contributed by atoms with E-state index in [2.05, 4.69) is 6.92 Å². The van der Waals surface area contributed by atoms with Gasteiger partial charge in [0, 0.05) is 5.38 Å². The molecule has 0 aromatic heterocycles. The topological polar surface area (TPSA) is 46.2 Å². The van der Waals surface area contributed by atoms with E-state index in [9.17, 15) is 21.6 Å². The molecule has 156 valence electrons. The number of hydrogen-bond acceptors (Lipinski definition) is 2. The summed E-state index contributed by atoms with van der Waals surface area (Å²) in [7, 11) is -4.27. The Labute approximate surface area is 165 Å². The van der Waals surface area contributed by atoms with Gasteiger partial charge < -0.3 is 0 Å². The van der Waals surface area contributed by atoms with Crippen molar-refractivity contribution in [2.75, 3.05) is 0 Å². The van der Waals surface area contributed by atoms with Crippen LogP contribution in [0.1, 0.15) is 63.9 Å². The van der Waals surface area contributed by atoms with Crippen molar-refractivity contribution in [1.82, 2.24) is 4.72 Å². The van der Waals surface area contributed by atoms with E-state index >= 15 is 0 Å². The number of unbranched alkanes of at least 4 members (excludes halogenated alkanes) is 5.